The molecule has 0 aromatic carbocycles. The van der Waals surface area contributed by atoms with Crippen molar-refractivity contribution in [2.75, 3.05) is 7.11 Å². The summed E-state index contributed by atoms with van der Waals surface area (Å²) in [5.41, 5.74) is 0. The molecule has 0 aliphatic rings. The fourth-order valence-corrected chi connectivity index (χ4v) is 3.19. The van der Waals surface area contributed by atoms with E-state index in [-0.39, 0.29) is 0 Å². The quantitative estimate of drug-likeness (QED) is 0.156. The van der Waals surface area contributed by atoms with Crippen LogP contribution in [0.5, 0.6) is 0 Å². The van der Waals surface area contributed by atoms with Gasteiger partial charge in [0, 0.05) is 0 Å². The molecule has 1 atom stereocenters. The van der Waals surface area contributed by atoms with Crippen molar-refractivity contribution in [1.82, 2.24) is 0 Å². The first-order valence-corrected chi connectivity index (χ1v) is 11.1. The van der Waals surface area contributed by atoms with Crippen LogP contribution in [0.3, 0.4) is 0 Å². The molecule has 0 amide bonds. The molecule has 0 aliphatic heterocycles. The van der Waals surface area contributed by atoms with E-state index >= 15 is 0 Å². The summed E-state index contributed by atoms with van der Waals surface area (Å²) in [5, 5.41) is 9.47. The fourth-order valence-electron chi connectivity index (χ4n) is 3.19. The summed E-state index contributed by atoms with van der Waals surface area (Å²) in [6.07, 6.45) is 24.9. The van der Waals surface area contributed by atoms with Gasteiger partial charge in [-0.1, -0.05) is 96.1 Å². The minimum Gasteiger partial charge on any atom is -0.467 e. The highest BCUT2D eigenvalue weighted by atomic mass is 16.5. The predicted octanol–water partition coefficient (Wildman–Crippen LogP) is 6.73. The topological polar surface area (TPSA) is 46.5 Å². The lowest BCUT2D eigenvalue weighted by Gasteiger charge is -2.07. The number of allylic oxidation sites excluding steroid dienone is 2. The van der Waals surface area contributed by atoms with Crippen molar-refractivity contribution in [2.45, 2.75) is 122 Å². The molecule has 26 heavy (non-hydrogen) atoms. The smallest absolute Gasteiger partial charge is 0.334 e. The molecule has 0 rings (SSSR count). The first-order valence-electron chi connectivity index (χ1n) is 11.1. The van der Waals surface area contributed by atoms with E-state index in [0.717, 1.165) is 12.8 Å². The van der Waals surface area contributed by atoms with Gasteiger partial charge < -0.3 is 9.84 Å². The van der Waals surface area contributed by atoms with Gasteiger partial charge in [-0.05, 0) is 32.1 Å². The zero-order chi connectivity index (χ0) is 19.3. The average Bonchev–Trinajstić information content (AvgIpc) is 2.66. The van der Waals surface area contributed by atoms with Gasteiger partial charge in [0.05, 0.1) is 7.11 Å². The molecule has 1 unspecified atom stereocenters. The molecule has 1 N–H and O–H groups in total. The van der Waals surface area contributed by atoms with Crippen molar-refractivity contribution >= 4 is 5.97 Å². The number of ether oxygens (including phenoxy) is 1. The lowest BCUT2D eigenvalue weighted by Crippen LogP contribution is -2.21. The lowest BCUT2D eigenvalue weighted by molar-refractivity contribution is -0.150. The number of carbonyl (C=O) groups excluding carboxylic acids is 1. The molecule has 0 saturated carbocycles. The van der Waals surface area contributed by atoms with Crippen LogP contribution in [0.25, 0.3) is 0 Å². The zero-order valence-corrected chi connectivity index (χ0v) is 17.5. The third-order valence-electron chi connectivity index (χ3n) is 4.96. The van der Waals surface area contributed by atoms with Crippen molar-refractivity contribution in [3.8, 4) is 0 Å². The molecule has 0 aromatic heterocycles. The Balaban J connectivity index is 3.17. The Hall–Kier alpha value is -0.830. The Morgan fingerprint density at radius 2 is 1.19 bits per heavy atom. The van der Waals surface area contributed by atoms with Crippen molar-refractivity contribution in [2.24, 2.45) is 0 Å². The molecule has 0 heterocycles. The first-order chi connectivity index (χ1) is 12.7. The number of hydrogen-bond acceptors (Lipinski definition) is 3. The van der Waals surface area contributed by atoms with Gasteiger partial charge in [-0.25, -0.2) is 4.79 Å². The summed E-state index contributed by atoms with van der Waals surface area (Å²) in [6, 6.07) is 0. The molecule has 0 radical (unpaired) electrons. The molecule has 0 bridgehead atoms. The molecule has 3 nitrogen and oxygen atoms in total. The van der Waals surface area contributed by atoms with E-state index < -0.39 is 12.1 Å². The van der Waals surface area contributed by atoms with Crippen molar-refractivity contribution < 1.29 is 14.6 Å². The van der Waals surface area contributed by atoms with Crippen LogP contribution in [0.15, 0.2) is 12.2 Å². The second kappa shape index (κ2) is 20.5. The maximum Gasteiger partial charge on any atom is 0.334 e. The molecule has 0 fully saturated rings. The van der Waals surface area contributed by atoms with Gasteiger partial charge in [-0.3, -0.25) is 0 Å². The van der Waals surface area contributed by atoms with E-state index in [0.29, 0.717) is 6.42 Å². The van der Waals surface area contributed by atoms with E-state index in [1.807, 2.05) is 0 Å². The van der Waals surface area contributed by atoms with Crippen LogP contribution in [0.4, 0.5) is 0 Å². The lowest BCUT2D eigenvalue weighted by atomic mass is 10.0. The SMILES string of the molecule is CCCCCCCCC=CCCCCCCCCCCC(O)C(=O)OC. The summed E-state index contributed by atoms with van der Waals surface area (Å²) in [4.78, 5) is 11.0. The average molecular weight is 369 g/mol. The monoisotopic (exact) mass is 368 g/mol. The first kappa shape index (κ1) is 25.2. The van der Waals surface area contributed by atoms with Crippen molar-refractivity contribution in [3.05, 3.63) is 12.2 Å². The summed E-state index contributed by atoms with van der Waals surface area (Å²) in [7, 11) is 1.32. The number of aliphatic hydroxyl groups excluding tert-OH is 1. The van der Waals surface area contributed by atoms with Crippen LogP contribution >= 0.6 is 0 Å². The van der Waals surface area contributed by atoms with Crippen LogP contribution in [0.2, 0.25) is 0 Å². The Morgan fingerprint density at radius 3 is 1.65 bits per heavy atom. The molecule has 0 aliphatic carbocycles. The third-order valence-corrected chi connectivity index (χ3v) is 4.96. The highest BCUT2D eigenvalue weighted by Crippen LogP contribution is 2.12. The summed E-state index contributed by atoms with van der Waals surface area (Å²) >= 11 is 0. The molecular weight excluding hydrogens is 324 g/mol. The molecule has 0 spiro atoms. The minimum atomic E-state index is -0.936. The molecule has 3 heteroatoms. The number of unbranched alkanes of at least 4 members (excludes halogenated alkanes) is 14. The molecule has 154 valence electrons. The molecule has 0 saturated heterocycles. The number of rotatable bonds is 19. The Kier molecular flexibility index (Phi) is 19.8. The van der Waals surface area contributed by atoms with Gasteiger partial charge >= 0.3 is 5.97 Å². The maximum atomic E-state index is 11.0. The van der Waals surface area contributed by atoms with Gasteiger partial charge in [0.15, 0.2) is 6.10 Å². The van der Waals surface area contributed by atoms with Gasteiger partial charge in [0.25, 0.3) is 0 Å². The highest BCUT2D eigenvalue weighted by molar-refractivity contribution is 5.74. The van der Waals surface area contributed by atoms with E-state index in [9.17, 15) is 9.90 Å². The van der Waals surface area contributed by atoms with Crippen LogP contribution in [-0.2, 0) is 9.53 Å². The predicted molar refractivity (Wildman–Crippen MR) is 111 cm³/mol. The summed E-state index contributed by atoms with van der Waals surface area (Å²) in [5.74, 6) is -0.508. The zero-order valence-electron chi connectivity index (χ0n) is 17.5. The minimum absolute atomic E-state index is 0.508. The van der Waals surface area contributed by atoms with Gasteiger partial charge in [0.1, 0.15) is 0 Å². The number of esters is 1. The summed E-state index contributed by atoms with van der Waals surface area (Å²) < 4.78 is 4.51. The van der Waals surface area contributed by atoms with Crippen LogP contribution in [-0.4, -0.2) is 24.3 Å². The van der Waals surface area contributed by atoms with Crippen LogP contribution < -0.4 is 0 Å². The van der Waals surface area contributed by atoms with E-state index in [1.54, 1.807) is 0 Å². The van der Waals surface area contributed by atoms with E-state index in [1.165, 1.54) is 97.0 Å². The third kappa shape index (κ3) is 18.0. The van der Waals surface area contributed by atoms with Gasteiger partial charge in [0.2, 0.25) is 0 Å². The Morgan fingerprint density at radius 1 is 0.769 bits per heavy atom. The van der Waals surface area contributed by atoms with Crippen molar-refractivity contribution in [1.29, 1.82) is 0 Å². The normalized spacial score (nSPS) is 12.6. The molecule has 0 aromatic rings. The Labute approximate surface area is 162 Å². The number of methoxy groups -OCH3 is 1. The van der Waals surface area contributed by atoms with Crippen LogP contribution in [0.1, 0.15) is 116 Å². The van der Waals surface area contributed by atoms with Crippen LogP contribution in [0, 0.1) is 0 Å². The molecular formula is C23H44O3. The number of aliphatic hydroxyl groups is 1. The highest BCUT2D eigenvalue weighted by Gasteiger charge is 2.13. The summed E-state index contributed by atoms with van der Waals surface area (Å²) in [6.45, 7) is 2.27. The second-order valence-electron chi connectivity index (χ2n) is 7.47. The largest absolute Gasteiger partial charge is 0.467 e. The van der Waals surface area contributed by atoms with Crippen molar-refractivity contribution in [3.63, 3.8) is 0 Å². The standard InChI is InChI=1S/C23H44O3/c1-3-4-5-6-7-8-9-10-11-12-13-14-15-16-17-18-19-20-21-22(24)23(25)26-2/h10-11,22,24H,3-9,12-21H2,1-2H3. The fraction of sp³-hybridized carbons (Fsp3) is 0.870. The van der Waals surface area contributed by atoms with Gasteiger partial charge in [-0.15, -0.1) is 0 Å². The van der Waals surface area contributed by atoms with E-state index in [4.69, 9.17) is 0 Å². The second-order valence-corrected chi connectivity index (χ2v) is 7.47. The number of hydrogen-bond donors (Lipinski definition) is 1. The number of carbonyl (C=O) groups is 1. The van der Waals surface area contributed by atoms with E-state index in [2.05, 4.69) is 23.8 Å². The van der Waals surface area contributed by atoms with Gasteiger partial charge in [-0.2, -0.15) is 0 Å². The maximum absolute atomic E-state index is 11.0. The Bertz CT molecular complexity index is 325.